The van der Waals surface area contributed by atoms with Gasteiger partial charge in [-0.2, -0.15) is 4.98 Å². The summed E-state index contributed by atoms with van der Waals surface area (Å²) in [6.07, 6.45) is 1.81. The smallest absolute Gasteiger partial charge is 0.243 e. The molecule has 2 aromatic rings. The van der Waals surface area contributed by atoms with Crippen LogP contribution in [0.2, 0.25) is 0 Å². The Morgan fingerprint density at radius 1 is 1.53 bits per heavy atom. The molecule has 1 atom stereocenters. The maximum atomic E-state index is 9.64. The minimum absolute atomic E-state index is 0.194. The van der Waals surface area contributed by atoms with Crippen molar-refractivity contribution in [2.45, 2.75) is 19.4 Å². The fourth-order valence-electron chi connectivity index (χ4n) is 1.44. The molecule has 0 aliphatic heterocycles. The zero-order chi connectivity index (χ0) is 12.5. The lowest BCUT2D eigenvalue weighted by atomic mass is 10.1. The fraction of sp³-hybridized carbons (Fsp3) is 0.455. The predicted molar refractivity (Wildman–Crippen MR) is 63.9 cm³/mol. The van der Waals surface area contributed by atoms with E-state index in [4.69, 9.17) is 5.11 Å². The third-order valence-corrected chi connectivity index (χ3v) is 2.53. The van der Waals surface area contributed by atoms with Crippen molar-refractivity contribution in [1.29, 1.82) is 0 Å². The number of nitrogens with zero attached hydrogens (tertiary/aromatic N) is 3. The van der Waals surface area contributed by atoms with E-state index in [1.165, 1.54) is 0 Å². The van der Waals surface area contributed by atoms with Crippen molar-refractivity contribution in [3.05, 3.63) is 23.9 Å². The van der Waals surface area contributed by atoms with Crippen LogP contribution in [-0.4, -0.2) is 43.6 Å². The Balaban J connectivity index is 2.18. The molecule has 3 N–H and O–H groups in total. The van der Waals surface area contributed by atoms with E-state index in [1.807, 2.05) is 25.3 Å². The van der Waals surface area contributed by atoms with E-state index in [9.17, 15) is 5.11 Å². The maximum Gasteiger partial charge on any atom is 0.243 e. The highest BCUT2D eigenvalue weighted by Gasteiger charge is 2.19. The molecule has 2 rings (SSSR count). The number of aliphatic hydroxyl groups excluding tert-OH is 1. The van der Waals surface area contributed by atoms with Gasteiger partial charge >= 0.3 is 0 Å². The third kappa shape index (κ3) is 2.54. The standard InChI is InChI=1S/C11H16N4O2/c1-8-4-3-5-15-9(8)13-10(14-15)12-6-11(2,17)7-16/h3-5,16-17H,6-7H2,1-2H3,(H,12,14). The summed E-state index contributed by atoms with van der Waals surface area (Å²) in [5.41, 5.74) is 0.632. The van der Waals surface area contributed by atoms with Crippen molar-refractivity contribution in [2.75, 3.05) is 18.5 Å². The van der Waals surface area contributed by atoms with Crippen molar-refractivity contribution >= 4 is 11.6 Å². The second kappa shape index (κ2) is 4.31. The molecule has 0 bridgehead atoms. The molecule has 17 heavy (non-hydrogen) atoms. The Kier molecular flexibility index (Phi) is 2.99. The Morgan fingerprint density at radius 2 is 2.29 bits per heavy atom. The molecule has 0 spiro atoms. The minimum atomic E-state index is -1.17. The van der Waals surface area contributed by atoms with Crippen LogP contribution in [0, 0.1) is 6.92 Å². The van der Waals surface area contributed by atoms with Crippen LogP contribution in [0.4, 0.5) is 5.95 Å². The van der Waals surface area contributed by atoms with Gasteiger partial charge in [0.2, 0.25) is 5.95 Å². The quantitative estimate of drug-likeness (QED) is 0.706. The van der Waals surface area contributed by atoms with Gasteiger partial charge in [-0.1, -0.05) is 6.07 Å². The van der Waals surface area contributed by atoms with Crippen LogP contribution in [0.15, 0.2) is 18.3 Å². The number of nitrogens with one attached hydrogen (secondary N) is 1. The van der Waals surface area contributed by atoms with E-state index in [1.54, 1.807) is 11.4 Å². The van der Waals surface area contributed by atoms with E-state index in [0.717, 1.165) is 11.2 Å². The van der Waals surface area contributed by atoms with Gasteiger partial charge in [-0.3, -0.25) is 0 Å². The summed E-state index contributed by atoms with van der Waals surface area (Å²) in [7, 11) is 0. The first-order valence-electron chi connectivity index (χ1n) is 5.41. The van der Waals surface area contributed by atoms with Crippen LogP contribution in [0.5, 0.6) is 0 Å². The number of anilines is 1. The number of aliphatic hydroxyl groups is 2. The number of hydrogen-bond donors (Lipinski definition) is 3. The number of rotatable bonds is 4. The molecular weight excluding hydrogens is 220 g/mol. The highest BCUT2D eigenvalue weighted by molar-refractivity contribution is 5.49. The monoisotopic (exact) mass is 236 g/mol. The van der Waals surface area contributed by atoms with Crippen molar-refractivity contribution in [3.63, 3.8) is 0 Å². The summed E-state index contributed by atoms with van der Waals surface area (Å²) >= 11 is 0. The number of pyridine rings is 1. The first-order valence-corrected chi connectivity index (χ1v) is 5.41. The molecule has 0 saturated carbocycles. The summed E-state index contributed by atoms with van der Waals surface area (Å²) < 4.78 is 1.67. The highest BCUT2D eigenvalue weighted by Crippen LogP contribution is 2.10. The first-order chi connectivity index (χ1) is 8.02. The topological polar surface area (TPSA) is 82.7 Å². The second-order valence-corrected chi connectivity index (χ2v) is 4.40. The zero-order valence-corrected chi connectivity index (χ0v) is 9.88. The average Bonchev–Trinajstić information content (AvgIpc) is 2.71. The molecule has 0 aliphatic rings. The zero-order valence-electron chi connectivity index (χ0n) is 9.88. The van der Waals surface area contributed by atoms with Gasteiger partial charge in [0.1, 0.15) is 5.60 Å². The van der Waals surface area contributed by atoms with Crippen molar-refractivity contribution < 1.29 is 10.2 Å². The lowest BCUT2D eigenvalue weighted by Gasteiger charge is -2.19. The van der Waals surface area contributed by atoms with Gasteiger partial charge in [-0.05, 0) is 25.5 Å². The van der Waals surface area contributed by atoms with E-state index in [-0.39, 0.29) is 13.2 Å². The van der Waals surface area contributed by atoms with Gasteiger partial charge in [0.05, 0.1) is 6.61 Å². The molecule has 0 fully saturated rings. The van der Waals surface area contributed by atoms with E-state index in [0.29, 0.717) is 5.95 Å². The summed E-state index contributed by atoms with van der Waals surface area (Å²) in [6.45, 7) is 3.38. The summed E-state index contributed by atoms with van der Waals surface area (Å²) in [5.74, 6) is 0.438. The molecule has 0 aliphatic carbocycles. The Labute approximate surface area is 98.9 Å². The molecule has 6 nitrogen and oxygen atoms in total. The molecular formula is C11H16N4O2. The highest BCUT2D eigenvalue weighted by atomic mass is 16.3. The molecule has 0 amide bonds. The number of fused-ring (bicyclic) bond motifs is 1. The van der Waals surface area contributed by atoms with E-state index < -0.39 is 5.60 Å². The summed E-state index contributed by atoms with van der Waals surface area (Å²) in [5, 5.41) is 25.7. The average molecular weight is 236 g/mol. The van der Waals surface area contributed by atoms with Gasteiger partial charge in [0.15, 0.2) is 5.65 Å². The maximum absolute atomic E-state index is 9.64. The van der Waals surface area contributed by atoms with Crippen LogP contribution in [0.1, 0.15) is 12.5 Å². The largest absolute Gasteiger partial charge is 0.393 e. The number of aryl methyl sites for hydroxylation is 1. The molecule has 2 heterocycles. The molecule has 2 aromatic heterocycles. The molecule has 6 heteroatoms. The molecule has 92 valence electrons. The van der Waals surface area contributed by atoms with E-state index in [2.05, 4.69) is 15.4 Å². The van der Waals surface area contributed by atoms with Crippen LogP contribution in [-0.2, 0) is 0 Å². The van der Waals surface area contributed by atoms with Crippen LogP contribution >= 0.6 is 0 Å². The number of hydrogen-bond acceptors (Lipinski definition) is 5. The predicted octanol–water partition coefficient (Wildman–Crippen LogP) is 0.193. The first kappa shape index (κ1) is 11.8. The molecule has 0 saturated heterocycles. The van der Waals surface area contributed by atoms with Crippen molar-refractivity contribution in [1.82, 2.24) is 14.6 Å². The number of aromatic nitrogens is 3. The Hall–Kier alpha value is -1.66. The van der Waals surface area contributed by atoms with Crippen LogP contribution in [0.3, 0.4) is 0 Å². The molecule has 0 aromatic carbocycles. The van der Waals surface area contributed by atoms with Gasteiger partial charge in [-0.15, -0.1) is 5.10 Å². The normalized spacial score (nSPS) is 14.8. The third-order valence-electron chi connectivity index (χ3n) is 2.53. The van der Waals surface area contributed by atoms with Gasteiger partial charge < -0.3 is 15.5 Å². The molecule has 0 radical (unpaired) electrons. The summed E-state index contributed by atoms with van der Waals surface area (Å²) in [6, 6.07) is 3.85. The SMILES string of the molecule is Cc1cccn2nc(NCC(C)(O)CO)nc12. The van der Waals surface area contributed by atoms with Crippen molar-refractivity contribution in [2.24, 2.45) is 0 Å². The van der Waals surface area contributed by atoms with Crippen LogP contribution in [0.25, 0.3) is 5.65 Å². The fourth-order valence-corrected chi connectivity index (χ4v) is 1.44. The lowest BCUT2D eigenvalue weighted by molar-refractivity contribution is 0.0131. The second-order valence-electron chi connectivity index (χ2n) is 4.40. The minimum Gasteiger partial charge on any atom is -0.393 e. The van der Waals surface area contributed by atoms with Gasteiger partial charge in [-0.25, -0.2) is 4.52 Å². The van der Waals surface area contributed by atoms with Gasteiger partial charge in [0.25, 0.3) is 0 Å². The lowest BCUT2D eigenvalue weighted by Crippen LogP contribution is -2.37. The van der Waals surface area contributed by atoms with Crippen molar-refractivity contribution in [3.8, 4) is 0 Å². The Morgan fingerprint density at radius 3 is 2.94 bits per heavy atom. The summed E-state index contributed by atoms with van der Waals surface area (Å²) in [4.78, 5) is 4.30. The molecule has 1 unspecified atom stereocenters. The van der Waals surface area contributed by atoms with E-state index >= 15 is 0 Å². The van der Waals surface area contributed by atoms with Gasteiger partial charge in [0, 0.05) is 12.7 Å². The van der Waals surface area contributed by atoms with Crippen LogP contribution < -0.4 is 5.32 Å². The Bertz CT molecular complexity index is 521.